The van der Waals surface area contributed by atoms with Gasteiger partial charge in [-0.3, -0.25) is 37.9 Å². The first-order valence-corrected chi connectivity index (χ1v) is 52.8. The van der Waals surface area contributed by atoms with Crippen molar-refractivity contribution < 1.29 is 96.8 Å². The van der Waals surface area contributed by atoms with E-state index in [9.17, 15) is 63.0 Å². The minimum absolute atomic E-state index is 0.00352. The molecule has 7 N–H and O–H groups in total. The fourth-order valence-corrected chi connectivity index (χ4v) is 22.5. The number of aliphatic hydroxyl groups is 3. The van der Waals surface area contributed by atoms with Crippen LogP contribution < -0.4 is 41.2 Å². The summed E-state index contributed by atoms with van der Waals surface area (Å²) in [5, 5.41) is 53.6. The van der Waals surface area contributed by atoms with E-state index in [0.29, 0.717) is 185 Å². The van der Waals surface area contributed by atoms with Gasteiger partial charge in [0.2, 0.25) is 40.1 Å². The fraction of sp³-hybridized carbons (Fsp3) is 0.516. The van der Waals surface area contributed by atoms with Crippen LogP contribution in [0.2, 0.25) is 0 Å². The van der Waals surface area contributed by atoms with Gasteiger partial charge < -0.3 is 78.0 Å². The van der Waals surface area contributed by atoms with E-state index in [2.05, 4.69) is 65.1 Å². The van der Waals surface area contributed by atoms with Gasteiger partial charge in [-0.1, -0.05) is 53.4 Å². The van der Waals surface area contributed by atoms with Crippen LogP contribution >= 0.6 is 0 Å². The van der Waals surface area contributed by atoms with Crippen molar-refractivity contribution in [2.24, 2.45) is 28.2 Å². The highest BCUT2D eigenvalue weighted by molar-refractivity contribution is 7.90. The number of fused-ring (bicyclic) bond motifs is 4. The van der Waals surface area contributed by atoms with Crippen molar-refractivity contribution in [1.29, 1.82) is 0 Å². The average molecular weight is 2050 g/mol. The number of aliphatic hydroxyl groups excluding tert-OH is 3. The van der Waals surface area contributed by atoms with E-state index in [0.717, 1.165) is 37.8 Å². The smallest absolute Gasteiger partial charge is 0.294 e. The van der Waals surface area contributed by atoms with Crippen LogP contribution in [0.3, 0.4) is 0 Å². The van der Waals surface area contributed by atoms with Gasteiger partial charge in [0.15, 0.2) is 22.1 Å². The second kappa shape index (κ2) is 47.5. The van der Waals surface area contributed by atoms with Crippen LogP contribution in [0.5, 0.6) is 23.0 Å². The van der Waals surface area contributed by atoms with Crippen molar-refractivity contribution in [3.05, 3.63) is 147 Å². The fourth-order valence-electron chi connectivity index (χ4n) is 16.4. The van der Waals surface area contributed by atoms with Gasteiger partial charge in [-0.25, -0.2) is 53.6 Å². The van der Waals surface area contributed by atoms with E-state index in [-0.39, 0.29) is 170 Å². The van der Waals surface area contributed by atoms with E-state index in [1.54, 1.807) is 53.3 Å². The third-order valence-electron chi connectivity index (χ3n) is 23.5. The molecular weight excluding hydrogens is 1930 g/mol. The van der Waals surface area contributed by atoms with Crippen LogP contribution in [0.15, 0.2) is 112 Å². The molecule has 0 radical (unpaired) electrons. The third kappa shape index (κ3) is 23.9. The van der Waals surface area contributed by atoms with Crippen LogP contribution in [0.4, 0.5) is 0 Å². The van der Waals surface area contributed by atoms with Crippen molar-refractivity contribution >= 4 is 84.2 Å². The molecular formula is C91H121N21O26S4. The van der Waals surface area contributed by atoms with Crippen LogP contribution in [0.1, 0.15) is 123 Å². The molecule has 12 heterocycles. The molecule has 4 aliphatic heterocycles. The maximum atomic E-state index is 13.3. The second-order valence-corrected chi connectivity index (χ2v) is 41.4. The number of hydrogen-bond donors (Lipinski definition) is 7. The lowest BCUT2D eigenvalue weighted by Crippen LogP contribution is -2.54. The standard InChI is InChI=1S/C24H33N5O6S.C23H31N5O6S.C22H28N6O8S.C22H29N5O6S/c1-4-8-19-21-22(28(3)27-19)24(31)26-23(25-21)18-13-17(9-10-20(18)34-5-2)36(32,33)29-14-16(15-29)35-12-7-6-11-30;1-4-7-18-20-21(27(3)26-18)23(30)25-22(24-20)17-12-16(8-9-19(17)33-5-2)35(31,32)28-13-15(14-28)34-11-6-10-29;1-4-6-17-19-20(26(3)25-17)22(29)24-21(23-19)16-11-15(7-8-18(16)34-5-2)37(32,33)27-12-14(13-27)35-9-10-36-28(30)31;1-4-6-17-19-20(26(3)25-17)22(29)24-21(23-19)16-11-15(7-8-18(16)32-5-2)34(30,31)27-12-14(13-27)33-10-9-28/h9-10,13,16,30H,4-8,11-12,14-15H2,1-3H3,(H,25,26,31);8-9,12,15,29H,4-7,10-11,13-14H2,1-3H3,(H,24,25,30);7-8,11,14H,4-6,9-10,12-13H2,1-3H3,(H,23,24,29);7-8,11,14,28H,4-6,9-10,12-13H2,1-3H3,(H,23,24,29). The molecule has 770 valence electrons. The molecule has 51 heteroatoms. The zero-order valence-corrected chi connectivity index (χ0v) is 84.4. The van der Waals surface area contributed by atoms with Gasteiger partial charge in [0.25, 0.3) is 27.3 Å². The number of benzene rings is 4. The highest BCUT2D eigenvalue weighted by Crippen LogP contribution is 2.40. The van der Waals surface area contributed by atoms with Gasteiger partial charge in [-0.15, -0.1) is 10.1 Å². The summed E-state index contributed by atoms with van der Waals surface area (Å²) in [6.45, 7) is 19.2. The van der Waals surface area contributed by atoms with Crippen molar-refractivity contribution in [3.63, 3.8) is 0 Å². The Morgan fingerprint density at radius 1 is 0.352 bits per heavy atom. The van der Waals surface area contributed by atoms with Gasteiger partial charge in [0.1, 0.15) is 75.0 Å². The minimum atomic E-state index is -3.88. The van der Waals surface area contributed by atoms with Crippen LogP contribution in [-0.4, -0.2) is 306 Å². The topological polar surface area (TPSA) is 591 Å². The number of aromatic amines is 4. The lowest BCUT2D eigenvalue weighted by Gasteiger charge is -2.37. The maximum absolute atomic E-state index is 13.3. The highest BCUT2D eigenvalue weighted by atomic mass is 32.2. The predicted molar refractivity (Wildman–Crippen MR) is 521 cm³/mol. The van der Waals surface area contributed by atoms with Gasteiger partial charge >= 0.3 is 0 Å². The Morgan fingerprint density at radius 2 is 0.599 bits per heavy atom. The summed E-state index contributed by atoms with van der Waals surface area (Å²) in [5.74, 6) is 2.49. The number of H-pyrrole nitrogens is 4. The molecule has 12 aromatic rings. The molecule has 8 aromatic heterocycles. The quantitative estimate of drug-likeness (QED) is 0.0138. The predicted octanol–water partition coefficient (Wildman–Crippen LogP) is 5.61. The monoisotopic (exact) mass is 2050 g/mol. The summed E-state index contributed by atoms with van der Waals surface area (Å²) in [6, 6.07) is 18.1. The molecule has 4 fully saturated rings. The number of ether oxygens (including phenoxy) is 8. The molecule has 0 amide bonds. The van der Waals surface area contributed by atoms with Crippen molar-refractivity contribution in [2.75, 3.05) is 132 Å². The number of rotatable bonds is 45. The van der Waals surface area contributed by atoms with Gasteiger partial charge in [0.05, 0.1) is 135 Å². The lowest BCUT2D eigenvalue weighted by molar-refractivity contribution is -0.758. The summed E-state index contributed by atoms with van der Waals surface area (Å²) in [7, 11) is -8.46. The van der Waals surface area contributed by atoms with E-state index in [4.69, 9.17) is 53.2 Å². The van der Waals surface area contributed by atoms with Crippen molar-refractivity contribution in [2.45, 2.75) is 170 Å². The number of nitrogens with one attached hydrogen (secondary N) is 4. The molecule has 0 saturated carbocycles. The summed E-state index contributed by atoms with van der Waals surface area (Å²) in [4.78, 5) is 96.0. The Kier molecular flexibility index (Phi) is 35.9. The number of aromatic nitrogens is 16. The van der Waals surface area contributed by atoms with Crippen molar-refractivity contribution in [3.8, 4) is 68.5 Å². The lowest BCUT2D eigenvalue weighted by atomic mass is 10.1. The summed E-state index contributed by atoms with van der Waals surface area (Å²) in [5.41, 5.74) is 6.23. The Bertz CT molecular complexity index is 7240. The van der Waals surface area contributed by atoms with Crippen molar-refractivity contribution in [1.82, 2.24) is 96.2 Å². The molecule has 16 rings (SSSR count). The Hall–Kier alpha value is -12.0. The Balaban J connectivity index is 0.000000159. The Morgan fingerprint density at radius 3 is 0.831 bits per heavy atom. The van der Waals surface area contributed by atoms with Crippen LogP contribution in [0, 0.1) is 10.1 Å². The highest BCUT2D eigenvalue weighted by Gasteiger charge is 2.43. The minimum Gasteiger partial charge on any atom is -0.493 e. The Labute approximate surface area is 818 Å². The number of unbranched alkanes of at least 4 members (excludes halogenated alkanes) is 1. The number of nitrogens with zero attached hydrogens (tertiary/aromatic N) is 17. The summed E-state index contributed by atoms with van der Waals surface area (Å²) < 4.78 is 162. The SMILES string of the molecule is CCCc1nn(C)c2c(=O)[nH]c(-c3cc(S(=O)(=O)N4CC(OCCCCO)C4)ccc3OCC)nc12.CCCc1nn(C)c2c(=O)[nH]c(-c3cc(S(=O)(=O)N4CC(OCCCO)C4)ccc3OCC)nc12.CCCc1nn(C)c2c(=O)[nH]c(-c3cc(S(=O)(=O)N4CC(OCCO)C4)ccc3OCC)nc12.CCCc1nn(C)c2c(=O)[nH]c(-c3cc(S(=O)(=O)N4CC(OCCO[N+](=O)[O-])C4)ccc3OCC)nc12. The van der Waals surface area contributed by atoms with Crippen LogP contribution in [0.25, 0.3) is 89.7 Å². The van der Waals surface area contributed by atoms with Crippen LogP contribution in [-0.2, 0) is 118 Å². The molecule has 4 aromatic carbocycles. The zero-order chi connectivity index (χ0) is 102. The largest absolute Gasteiger partial charge is 0.493 e. The van der Waals surface area contributed by atoms with E-state index >= 15 is 0 Å². The van der Waals surface area contributed by atoms with E-state index < -0.39 is 56.8 Å². The number of aryl methyl sites for hydroxylation is 8. The number of sulfonamides is 4. The normalized spacial score (nSPS) is 14.9. The summed E-state index contributed by atoms with van der Waals surface area (Å²) in [6.07, 6.45) is 6.87. The first kappa shape index (κ1) is 107. The van der Waals surface area contributed by atoms with E-state index in [1.165, 1.54) is 90.5 Å². The molecule has 0 unspecified atom stereocenters. The zero-order valence-electron chi connectivity index (χ0n) is 81.1. The van der Waals surface area contributed by atoms with Gasteiger partial charge in [-0.2, -0.15) is 37.6 Å². The summed E-state index contributed by atoms with van der Waals surface area (Å²) >= 11 is 0. The molecule has 47 nitrogen and oxygen atoms in total. The maximum Gasteiger partial charge on any atom is 0.294 e. The number of hydrogen-bond acceptors (Lipinski definition) is 34. The molecule has 4 aliphatic rings. The molecule has 142 heavy (non-hydrogen) atoms. The average Bonchev–Trinajstić information content (AvgIpc) is 1.54. The molecule has 4 saturated heterocycles. The molecule has 0 spiro atoms. The first-order valence-electron chi connectivity index (χ1n) is 47.0. The van der Waals surface area contributed by atoms with Gasteiger partial charge in [0, 0.05) is 107 Å². The first-order chi connectivity index (χ1) is 68.0. The second-order valence-electron chi connectivity index (χ2n) is 33.6. The third-order valence-corrected chi connectivity index (χ3v) is 30.8. The molecule has 0 atom stereocenters. The van der Waals surface area contributed by atoms with E-state index in [1.807, 2.05) is 48.5 Å². The molecule has 0 bridgehead atoms. The van der Waals surface area contributed by atoms with Gasteiger partial charge in [-0.05, 0) is 145 Å². The molecule has 0 aliphatic carbocycles.